The molecule has 24 heavy (non-hydrogen) atoms. The van der Waals surface area contributed by atoms with Gasteiger partial charge in [-0.3, -0.25) is 0 Å². The van der Waals surface area contributed by atoms with Gasteiger partial charge >= 0.3 is 0 Å². The van der Waals surface area contributed by atoms with Gasteiger partial charge in [0.1, 0.15) is 6.54 Å². The van der Waals surface area contributed by atoms with Crippen LogP contribution >= 0.6 is 0 Å². The maximum atomic E-state index is 2.29. The highest BCUT2D eigenvalue weighted by atomic mass is 19.0. The second-order valence-corrected chi connectivity index (χ2v) is 7.06. The predicted molar refractivity (Wildman–Crippen MR) is 102 cm³/mol. The van der Waals surface area contributed by atoms with E-state index in [1.54, 1.807) is 0 Å². The summed E-state index contributed by atoms with van der Waals surface area (Å²) < 4.78 is 2.29. The van der Waals surface area contributed by atoms with Crippen molar-refractivity contribution in [2.75, 3.05) is 0 Å². The molecule has 0 amide bonds. The first-order chi connectivity index (χ1) is 11.4. The van der Waals surface area contributed by atoms with Crippen molar-refractivity contribution in [3.63, 3.8) is 0 Å². The highest BCUT2D eigenvalue weighted by molar-refractivity contribution is 4.83. The summed E-state index contributed by atoms with van der Waals surface area (Å²) in [5.41, 5.74) is 0. The molecule has 0 unspecified atom stereocenters. The normalized spacial score (nSPS) is 10.5. The second kappa shape index (κ2) is 18.4. The number of pyridine rings is 1. The standard InChI is InChI=1S/C22H40N.FH/c1-2-3-4-5-6-7-8-9-10-11-12-13-14-15-17-20-23-21-18-16-19-22-23;/h16,18-19,21-22H,2-15,17,20H2,1H3;1H/q+1;/p-1. The van der Waals surface area contributed by atoms with E-state index in [1.807, 2.05) is 0 Å². The molecule has 140 valence electrons. The molecule has 1 heterocycles. The lowest BCUT2D eigenvalue weighted by molar-refractivity contribution is -0.697. The van der Waals surface area contributed by atoms with Crippen molar-refractivity contribution >= 4 is 0 Å². The molecule has 0 aliphatic carbocycles. The fourth-order valence-corrected chi connectivity index (χ4v) is 3.25. The zero-order valence-electron chi connectivity index (χ0n) is 16.0. The molecule has 0 bridgehead atoms. The Morgan fingerprint density at radius 3 is 1.29 bits per heavy atom. The largest absolute Gasteiger partial charge is 1.00 e. The number of rotatable bonds is 16. The van der Waals surface area contributed by atoms with E-state index in [4.69, 9.17) is 0 Å². The van der Waals surface area contributed by atoms with E-state index < -0.39 is 0 Å². The summed E-state index contributed by atoms with van der Waals surface area (Å²) in [5, 5.41) is 0. The molecule has 0 aliphatic rings. The Kier molecular flexibility index (Phi) is 17.7. The number of unbranched alkanes of at least 4 members (excludes halogenated alkanes) is 14. The van der Waals surface area contributed by atoms with Crippen molar-refractivity contribution in [3.8, 4) is 0 Å². The quantitative estimate of drug-likeness (QED) is 0.319. The van der Waals surface area contributed by atoms with Crippen molar-refractivity contribution < 1.29 is 9.27 Å². The molecule has 0 aromatic carbocycles. The summed E-state index contributed by atoms with van der Waals surface area (Å²) in [6.07, 6.45) is 25.9. The van der Waals surface area contributed by atoms with E-state index in [-0.39, 0.29) is 4.70 Å². The topological polar surface area (TPSA) is 3.88 Å². The highest BCUT2D eigenvalue weighted by Gasteiger charge is 1.98. The van der Waals surface area contributed by atoms with E-state index in [2.05, 4.69) is 42.1 Å². The molecule has 0 N–H and O–H groups in total. The molecular weight excluding hydrogens is 297 g/mol. The van der Waals surface area contributed by atoms with Crippen LogP contribution in [0.2, 0.25) is 0 Å². The first kappa shape index (κ1) is 23.1. The third-order valence-electron chi connectivity index (χ3n) is 4.80. The minimum absolute atomic E-state index is 0. The summed E-state index contributed by atoms with van der Waals surface area (Å²) in [5.74, 6) is 0. The van der Waals surface area contributed by atoms with E-state index >= 15 is 0 Å². The van der Waals surface area contributed by atoms with E-state index in [1.165, 1.54) is 103 Å². The molecule has 0 saturated carbocycles. The van der Waals surface area contributed by atoms with Gasteiger partial charge in [0, 0.05) is 18.6 Å². The number of aromatic nitrogens is 1. The maximum absolute atomic E-state index is 2.29. The monoisotopic (exact) mass is 337 g/mol. The minimum atomic E-state index is 0. The fourth-order valence-electron chi connectivity index (χ4n) is 3.25. The Bertz CT molecular complexity index is 339. The van der Waals surface area contributed by atoms with Gasteiger partial charge in [-0.1, -0.05) is 96.5 Å². The SMILES string of the molecule is CCCCCCCCCCCCCCCCC[n+]1ccccc1.[F-]. The van der Waals surface area contributed by atoms with Crippen LogP contribution in [0.3, 0.4) is 0 Å². The van der Waals surface area contributed by atoms with Gasteiger partial charge in [-0.25, -0.2) is 4.57 Å². The first-order valence-electron chi connectivity index (χ1n) is 10.4. The van der Waals surface area contributed by atoms with Crippen molar-refractivity contribution in [2.45, 2.75) is 110 Å². The molecule has 2 heteroatoms. The molecule has 0 aliphatic heterocycles. The Labute approximate surface area is 150 Å². The van der Waals surface area contributed by atoms with Gasteiger partial charge in [0.15, 0.2) is 12.4 Å². The predicted octanol–water partition coefficient (Wildman–Crippen LogP) is 3.85. The van der Waals surface area contributed by atoms with Crippen LogP contribution in [-0.4, -0.2) is 0 Å². The first-order valence-corrected chi connectivity index (χ1v) is 10.4. The number of hydrogen-bond donors (Lipinski definition) is 0. The van der Waals surface area contributed by atoms with Gasteiger partial charge in [0.05, 0.1) is 0 Å². The lowest BCUT2D eigenvalue weighted by Gasteiger charge is -2.03. The smallest absolute Gasteiger partial charge is 0.168 e. The molecule has 1 aromatic heterocycles. The number of halogens is 1. The van der Waals surface area contributed by atoms with Crippen LogP contribution in [-0.2, 0) is 6.54 Å². The van der Waals surface area contributed by atoms with Crippen LogP contribution in [0.25, 0.3) is 0 Å². The maximum Gasteiger partial charge on any atom is 0.168 e. The Morgan fingerprint density at radius 1 is 0.500 bits per heavy atom. The van der Waals surface area contributed by atoms with Crippen molar-refractivity contribution in [1.82, 2.24) is 0 Å². The van der Waals surface area contributed by atoms with Gasteiger partial charge < -0.3 is 4.70 Å². The minimum Gasteiger partial charge on any atom is -1.00 e. The Morgan fingerprint density at radius 2 is 0.875 bits per heavy atom. The Hall–Kier alpha value is -0.920. The van der Waals surface area contributed by atoms with Gasteiger partial charge in [0.2, 0.25) is 0 Å². The molecule has 1 aromatic rings. The molecule has 0 saturated heterocycles. The summed E-state index contributed by atoms with van der Waals surface area (Å²) in [6, 6.07) is 6.32. The summed E-state index contributed by atoms with van der Waals surface area (Å²) in [6.45, 7) is 3.47. The Balaban J connectivity index is 0.00000529. The van der Waals surface area contributed by atoms with Crippen LogP contribution in [0.5, 0.6) is 0 Å². The van der Waals surface area contributed by atoms with E-state index in [0.29, 0.717) is 0 Å². The number of aryl methyl sites for hydroxylation is 1. The molecule has 1 nitrogen and oxygen atoms in total. The van der Waals surface area contributed by atoms with Gasteiger partial charge in [-0.05, 0) is 6.42 Å². The van der Waals surface area contributed by atoms with E-state index in [0.717, 1.165) is 0 Å². The van der Waals surface area contributed by atoms with E-state index in [9.17, 15) is 0 Å². The molecular formula is C22H40FN. The average molecular weight is 338 g/mol. The fraction of sp³-hybridized carbons (Fsp3) is 0.773. The lowest BCUT2D eigenvalue weighted by Crippen LogP contribution is -3.00. The molecule has 0 spiro atoms. The van der Waals surface area contributed by atoms with Gasteiger partial charge in [0.25, 0.3) is 0 Å². The molecule has 1 rings (SSSR count). The van der Waals surface area contributed by atoms with Crippen molar-refractivity contribution in [3.05, 3.63) is 30.6 Å². The van der Waals surface area contributed by atoms with Crippen LogP contribution in [0, 0.1) is 0 Å². The van der Waals surface area contributed by atoms with Crippen LogP contribution in [0.1, 0.15) is 103 Å². The van der Waals surface area contributed by atoms with Gasteiger partial charge in [-0.15, -0.1) is 0 Å². The third-order valence-corrected chi connectivity index (χ3v) is 4.80. The third kappa shape index (κ3) is 14.7. The summed E-state index contributed by atoms with van der Waals surface area (Å²) in [7, 11) is 0. The number of hydrogen-bond acceptors (Lipinski definition) is 0. The second-order valence-electron chi connectivity index (χ2n) is 7.06. The molecule has 0 fully saturated rings. The van der Waals surface area contributed by atoms with Gasteiger partial charge in [-0.2, -0.15) is 0 Å². The van der Waals surface area contributed by atoms with Crippen LogP contribution in [0.15, 0.2) is 30.6 Å². The lowest BCUT2D eigenvalue weighted by atomic mass is 10.0. The zero-order chi connectivity index (χ0) is 16.4. The molecule has 0 radical (unpaired) electrons. The zero-order valence-corrected chi connectivity index (χ0v) is 16.0. The average Bonchev–Trinajstić information content (AvgIpc) is 2.59. The summed E-state index contributed by atoms with van der Waals surface area (Å²) >= 11 is 0. The number of nitrogens with zero attached hydrogens (tertiary/aromatic N) is 1. The highest BCUT2D eigenvalue weighted by Crippen LogP contribution is 2.13. The van der Waals surface area contributed by atoms with Crippen molar-refractivity contribution in [2.24, 2.45) is 0 Å². The molecule has 0 atom stereocenters. The van der Waals surface area contributed by atoms with Crippen LogP contribution < -0.4 is 9.27 Å². The van der Waals surface area contributed by atoms with Crippen LogP contribution in [0.4, 0.5) is 0 Å². The van der Waals surface area contributed by atoms with Crippen molar-refractivity contribution in [1.29, 1.82) is 0 Å². The summed E-state index contributed by atoms with van der Waals surface area (Å²) in [4.78, 5) is 0.